The summed E-state index contributed by atoms with van der Waals surface area (Å²) in [6.07, 6.45) is 1.50. The molecule has 0 N–H and O–H groups in total. The van der Waals surface area contributed by atoms with Crippen molar-refractivity contribution < 1.29 is 14.3 Å². The molecule has 0 unspecified atom stereocenters. The van der Waals surface area contributed by atoms with Crippen LogP contribution in [0, 0.1) is 5.92 Å². The van der Waals surface area contributed by atoms with E-state index in [2.05, 4.69) is 0 Å². The van der Waals surface area contributed by atoms with Gasteiger partial charge in [-0.05, 0) is 13.3 Å². The highest BCUT2D eigenvalue weighted by molar-refractivity contribution is 8.13. The number of thioether (sulfide) groups is 1. The predicted molar refractivity (Wildman–Crippen MR) is 68.9 cm³/mol. The zero-order valence-electron chi connectivity index (χ0n) is 10.6. The van der Waals surface area contributed by atoms with Crippen molar-refractivity contribution in [3.8, 4) is 0 Å². The molecule has 1 amide bonds. The van der Waals surface area contributed by atoms with Gasteiger partial charge >= 0.3 is 0 Å². The Balaban J connectivity index is 2.18. The lowest BCUT2D eigenvalue weighted by molar-refractivity contribution is -0.129. The normalized spacial score (nSPS) is 19.6. The Bertz CT molecular complexity index is 270. The summed E-state index contributed by atoms with van der Waals surface area (Å²) >= 11 is 1.22. The van der Waals surface area contributed by atoms with E-state index in [0.29, 0.717) is 18.1 Å². The van der Waals surface area contributed by atoms with Crippen LogP contribution in [-0.2, 0) is 14.3 Å². The van der Waals surface area contributed by atoms with E-state index >= 15 is 0 Å². The second kappa shape index (κ2) is 7.71. The number of nitrogens with zero attached hydrogens (tertiary/aromatic N) is 1. The Hall–Kier alpha value is -0.550. The van der Waals surface area contributed by atoms with Gasteiger partial charge in [-0.1, -0.05) is 11.8 Å². The van der Waals surface area contributed by atoms with Gasteiger partial charge < -0.3 is 9.64 Å². The van der Waals surface area contributed by atoms with Crippen LogP contribution in [0.1, 0.15) is 26.7 Å². The van der Waals surface area contributed by atoms with E-state index in [4.69, 9.17) is 4.74 Å². The molecule has 0 saturated carbocycles. The minimum atomic E-state index is 0.0773. The molecule has 0 bridgehead atoms. The summed E-state index contributed by atoms with van der Waals surface area (Å²) in [6.45, 7) is 6.65. The average molecular weight is 259 g/mol. The maximum Gasteiger partial charge on any atom is 0.223 e. The van der Waals surface area contributed by atoms with Crippen molar-refractivity contribution in [3.63, 3.8) is 0 Å². The Kier molecular flexibility index (Phi) is 6.58. The van der Waals surface area contributed by atoms with Crippen LogP contribution in [-0.4, -0.2) is 48.0 Å². The number of likely N-dealkylation sites (tertiary alicyclic amines) is 1. The molecular weight excluding hydrogens is 238 g/mol. The Morgan fingerprint density at radius 1 is 1.47 bits per heavy atom. The third-order valence-corrected chi connectivity index (χ3v) is 3.63. The van der Waals surface area contributed by atoms with Crippen molar-refractivity contribution >= 4 is 22.8 Å². The van der Waals surface area contributed by atoms with Gasteiger partial charge in [-0.3, -0.25) is 9.59 Å². The maximum absolute atomic E-state index is 11.8. The summed E-state index contributed by atoms with van der Waals surface area (Å²) < 4.78 is 5.37. The Morgan fingerprint density at radius 3 is 2.88 bits per heavy atom. The lowest BCUT2D eigenvalue weighted by Gasteiger charge is -2.16. The molecule has 0 aromatic carbocycles. The van der Waals surface area contributed by atoms with Gasteiger partial charge in [0.15, 0.2) is 5.12 Å². The number of ether oxygens (including phenoxy) is 1. The molecule has 17 heavy (non-hydrogen) atoms. The molecule has 0 spiro atoms. The van der Waals surface area contributed by atoms with E-state index in [0.717, 1.165) is 32.7 Å². The van der Waals surface area contributed by atoms with Gasteiger partial charge in [0.2, 0.25) is 5.91 Å². The van der Waals surface area contributed by atoms with E-state index in [-0.39, 0.29) is 11.0 Å². The highest BCUT2D eigenvalue weighted by atomic mass is 32.2. The van der Waals surface area contributed by atoms with Crippen molar-refractivity contribution in [1.29, 1.82) is 0 Å². The van der Waals surface area contributed by atoms with E-state index in [1.807, 2.05) is 11.8 Å². The molecule has 5 heteroatoms. The molecule has 0 aliphatic carbocycles. The molecule has 4 nitrogen and oxygen atoms in total. The first kappa shape index (κ1) is 14.5. The van der Waals surface area contributed by atoms with Gasteiger partial charge in [0.05, 0.1) is 6.61 Å². The fraction of sp³-hybridized carbons (Fsp3) is 0.833. The molecule has 1 aliphatic heterocycles. The van der Waals surface area contributed by atoms with Crippen LogP contribution in [0.2, 0.25) is 0 Å². The highest BCUT2D eigenvalue weighted by Gasteiger charge is 2.25. The summed E-state index contributed by atoms with van der Waals surface area (Å²) in [5.74, 6) is 1.25. The van der Waals surface area contributed by atoms with Gasteiger partial charge in [0, 0.05) is 44.7 Å². The second-order valence-electron chi connectivity index (χ2n) is 4.24. The number of amides is 1. The topological polar surface area (TPSA) is 46.6 Å². The van der Waals surface area contributed by atoms with Crippen molar-refractivity contribution in [2.75, 3.05) is 32.1 Å². The molecular formula is C12H21NO3S. The molecule has 0 aromatic heterocycles. The average Bonchev–Trinajstić information content (AvgIpc) is 2.74. The van der Waals surface area contributed by atoms with Crippen LogP contribution in [0.15, 0.2) is 0 Å². The van der Waals surface area contributed by atoms with Crippen LogP contribution in [0.25, 0.3) is 0 Å². The van der Waals surface area contributed by atoms with Gasteiger partial charge in [-0.25, -0.2) is 0 Å². The van der Waals surface area contributed by atoms with Gasteiger partial charge in [-0.15, -0.1) is 0 Å². The molecule has 1 aliphatic rings. The lowest BCUT2D eigenvalue weighted by Crippen LogP contribution is -2.29. The van der Waals surface area contributed by atoms with E-state index in [1.54, 1.807) is 0 Å². The van der Waals surface area contributed by atoms with Gasteiger partial charge in [0.25, 0.3) is 0 Å². The molecule has 1 fully saturated rings. The summed E-state index contributed by atoms with van der Waals surface area (Å²) in [7, 11) is 0. The number of hydrogen-bond acceptors (Lipinski definition) is 4. The summed E-state index contributed by atoms with van der Waals surface area (Å²) in [6, 6.07) is 0. The van der Waals surface area contributed by atoms with Crippen molar-refractivity contribution in [3.05, 3.63) is 0 Å². The quantitative estimate of drug-likeness (QED) is 0.726. The highest BCUT2D eigenvalue weighted by Crippen LogP contribution is 2.18. The minimum Gasteiger partial charge on any atom is -0.381 e. The third kappa shape index (κ3) is 5.55. The molecule has 0 radical (unpaired) electrons. The monoisotopic (exact) mass is 259 g/mol. The zero-order chi connectivity index (χ0) is 12.7. The maximum atomic E-state index is 11.8. The number of rotatable bonds is 6. The predicted octanol–water partition coefficient (Wildman–Crippen LogP) is 1.54. The fourth-order valence-electron chi connectivity index (χ4n) is 1.92. The number of carbonyl (C=O) groups is 2. The standard InChI is InChI=1S/C12H21NO3S/c1-3-16-9-11-4-6-13(8-11)12(15)5-7-17-10(2)14/h11H,3-9H2,1-2H3/t11-/m0/s1. The van der Waals surface area contributed by atoms with E-state index < -0.39 is 0 Å². The number of hydrogen-bond donors (Lipinski definition) is 0. The zero-order valence-corrected chi connectivity index (χ0v) is 11.4. The molecule has 0 aromatic rings. The number of carbonyl (C=O) groups excluding carboxylic acids is 2. The van der Waals surface area contributed by atoms with Crippen molar-refractivity contribution in [1.82, 2.24) is 4.90 Å². The molecule has 1 heterocycles. The van der Waals surface area contributed by atoms with E-state index in [1.165, 1.54) is 18.7 Å². The molecule has 1 saturated heterocycles. The Labute approximate surface area is 107 Å². The molecule has 1 atom stereocenters. The van der Waals surface area contributed by atoms with Crippen LogP contribution < -0.4 is 0 Å². The summed E-state index contributed by atoms with van der Waals surface area (Å²) in [5, 5.41) is 0.0773. The smallest absolute Gasteiger partial charge is 0.223 e. The molecule has 1 rings (SSSR count). The lowest BCUT2D eigenvalue weighted by atomic mass is 10.1. The van der Waals surface area contributed by atoms with Crippen LogP contribution in [0.4, 0.5) is 0 Å². The fourth-order valence-corrected chi connectivity index (χ4v) is 2.48. The minimum absolute atomic E-state index is 0.0773. The summed E-state index contributed by atoms with van der Waals surface area (Å²) in [4.78, 5) is 24.4. The summed E-state index contributed by atoms with van der Waals surface area (Å²) in [5.41, 5.74) is 0. The third-order valence-electron chi connectivity index (χ3n) is 2.82. The first-order valence-electron chi connectivity index (χ1n) is 6.12. The van der Waals surface area contributed by atoms with Crippen LogP contribution in [0.3, 0.4) is 0 Å². The Morgan fingerprint density at radius 2 is 2.24 bits per heavy atom. The van der Waals surface area contributed by atoms with Crippen LogP contribution in [0.5, 0.6) is 0 Å². The van der Waals surface area contributed by atoms with Gasteiger partial charge in [-0.2, -0.15) is 0 Å². The second-order valence-corrected chi connectivity index (χ2v) is 5.52. The largest absolute Gasteiger partial charge is 0.381 e. The van der Waals surface area contributed by atoms with Crippen LogP contribution >= 0.6 is 11.8 Å². The SMILES string of the molecule is CCOC[C@H]1CCN(C(=O)CCSC(C)=O)C1. The van der Waals surface area contributed by atoms with Crippen molar-refractivity contribution in [2.45, 2.75) is 26.7 Å². The van der Waals surface area contributed by atoms with Gasteiger partial charge in [0.1, 0.15) is 0 Å². The first-order chi connectivity index (χ1) is 8.13. The van der Waals surface area contributed by atoms with Crippen molar-refractivity contribution in [2.24, 2.45) is 5.92 Å². The first-order valence-corrected chi connectivity index (χ1v) is 7.11. The van der Waals surface area contributed by atoms with E-state index in [9.17, 15) is 9.59 Å². The molecule has 98 valence electrons.